The summed E-state index contributed by atoms with van der Waals surface area (Å²) in [5, 5.41) is 5.28. The van der Waals surface area contributed by atoms with E-state index in [-0.39, 0.29) is 35.1 Å². The number of carbonyl (C=O) groups is 2. The number of amides is 2. The van der Waals surface area contributed by atoms with Crippen LogP contribution in [0.3, 0.4) is 0 Å². The summed E-state index contributed by atoms with van der Waals surface area (Å²) in [5.41, 5.74) is 6.18. The number of H-pyrrole nitrogens is 1. The Kier molecular flexibility index (Phi) is 5.08. The molecule has 2 amide bonds. The van der Waals surface area contributed by atoms with Crippen LogP contribution in [0.2, 0.25) is 0 Å². The zero-order valence-corrected chi connectivity index (χ0v) is 15.3. The molecule has 1 atom stereocenters. The SMILES string of the molecule is CC(C)n1[nH]c(=O)c2c1NC(=O)CS[C@H]2c1cccc(OCC(N)=O)c1. The van der Waals surface area contributed by atoms with Gasteiger partial charge in [0.1, 0.15) is 11.6 Å². The standard InChI is InChI=1S/C17H20N4O4S/c1-9(2)21-16-14(17(24)20-21)15(26-8-13(23)19-16)10-4-3-5-11(6-10)25-7-12(18)22/h3-6,9,15H,7-8H2,1-2H3,(H2,18,22)(H,19,23)(H,20,24)/t15-/m0/s1. The number of rotatable bonds is 5. The molecule has 138 valence electrons. The predicted octanol–water partition coefficient (Wildman–Crippen LogP) is 1.40. The van der Waals surface area contributed by atoms with Gasteiger partial charge in [0.15, 0.2) is 6.61 Å². The third-order valence-electron chi connectivity index (χ3n) is 3.92. The monoisotopic (exact) mass is 376 g/mol. The fraction of sp³-hybridized carbons (Fsp3) is 0.353. The molecule has 0 unspecified atom stereocenters. The van der Waals surface area contributed by atoms with Crippen molar-refractivity contribution in [2.45, 2.75) is 25.1 Å². The van der Waals surface area contributed by atoms with Gasteiger partial charge in [0.2, 0.25) is 5.91 Å². The fourth-order valence-corrected chi connectivity index (χ4v) is 3.93. The number of primary amides is 1. The van der Waals surface area contributed by atoms with Gasteiger partial charge in [-0.2, -0.15) is 0 Å². The molecular formula is C17H20N4O4S. The maximum atomic E-state index is 12.6. The Labute approximate surface area is 154 Å². The van der Waals surface area contributed by atoms with Crippen molar-refractivity contribution in [2.75, 3.05) is 17.7 Å². The van der Waals surface area contributed by atoms with Crippen LogP contribution in [0.1, 0.15) is 36.3 Å². The van der Waals surface area contributed by atoms with Crippen LogP contribution >= 0.6 is 11.8 Å². The van der Waals surface area contributed by atoms with Gasteiger partial charge in [0, 0.05) is 6.04 Å². The van der Waals surface area contributed by atoms with Gasteiger partial charge >= 0.3 is 0 Å². The van der Waals surface area contributed by atoms with Gasteiger partial charge in [-0.1, -0.05) is 12.1 Å². The minimum absolute atomic E-state index is 0.0132. The van der Waals surface area contributed by atoms with Crippen LogP contribution in [0.4, 0.5) is 5.82 Å². The number of nitrogens with two attached hydrogens (primary N) is 1. The molecule has 1 aliphatic heterocycles. The fourth-order valence-electron chi connectivity index (χ4n) is 2.82. The van der Waals surface area contributed by atoms with Crippen LogP contribution in [0.15, 0.2) is 29.1 Å². The number of aromatic nitrogens is 2. The first-order valence-electron chi connectivity index (χ1n) is 8.13. The van der Waals surface area contributed by atoms with Gasteiger partial charge in [-0.15, -0.1) is 11.8 Å². The average Bonchev–Trinajstić information content (AvgIpc) is 2.80. The van der Waals surface area contributed by atoms with Crippen molar-refractivity contribution in [2.24, 2.45) is 5.73 Å². The largest absolute Gasteiger partial charge is 0.484 e. The van der Waals surface area contributed by atoms with Gasteiger partial charge in [-0.25, -0.2) is 0 Å². The molecule has 0 aliphatic carbocycles. The second-order valence-electron chi connectivity index (χ2n) is 6.23. The summed E-state index contributed by atoms with van der Waals surface area (Å²) >= 11 is 1.37. The zero-order valence-electron chi connectivity index (χ0n) is 14.4. The van der Waals surface area contributed by atoms with Gasteiger partial charge in [-0.05, 0) is 31.5 Å². The molecule has 2 heterocycles. The highest BCUT2D eigenvalue weighted by atomic mass is 32.2. The molecule has 0 bridgehead atoms. The number of ether oxygens (including phenoxy) is 1. The number of benzene rings is 1. The van der Waals surface area contributed by atoms with Crippen LogP contribution < -0.4 is 21.3 Å². The van der Waals surface area contributed by atoms with E-state index in [1.54, 1.807) is 22.9 Å². The third kappa shape index (κ3) is 3.62. The Morgan fingerprint density at radius 3 is 2.88 bits per heavy atom. The molecule has 2 aromatic rings. The van der Waals surface area contributed by atoms with Crippen molar-refractivity contribution in [3.05, 3.63) is 45.7 Å². The van der Waals surface area contributed by atoms with E-state index in [4.69, 9.17) is 10.5 Å². The first-order chi connectivity index (χ1) is 12.4. The Morgan fingerprint density at radius 2 is 2.19 bits per heavy atom. The summed E-state index contributed by atoms with van der Waals surface area (Å²) in [6.45, 7) is 3.62. The summed E-state index contributed by atoms with van der Waals surface area (Å²) in [6.07, 6.45) is 0. The molecule has 26 heavy (non-hydrogen) atoms. The first kappa shape index (κ1) is 18.1. The smallest absolute Gasteiger partial charge is 0.270 e. The molecule has 1 aliphatic rings. The molecule has 0 fully saturated rings. The van der Waals surface area contributed by atoms with Crippen molar-refractivity contribution in [1.82, 2.24) is 9.78 Å². The molecule has 9 heteroatoms. The molecule has 1 aromatic carbocycles. The molecule has 4 N–H and O–H groups in total. The van der Waals surface area contributed by atoms with E-state index < -0.39 is 5.91 Å². The summed E-state index contributed by atoms with van der Waals surface area (Å²) in [7, 11) is 0. The highest BCUT2D eigenvalue weighted by molar-refractivity contribution is 8.00. The van der Waals surface area contributed by atoms with E-state index in [0.29, 0.717) is 17.1 Å². The molecule has 0 saturated carbocycles. The van der Waals surface area contributed by atoms with Crippen LogP contribution in [0.5, 0.6) is 5.75 Å². The molecule has 0 spiro atoms. The first-order valence-corrected chi connectivity index (χ1v) is 9.18. The molecule has 8 nitrogen and oxygen atoms in total. The summed E-state index contributed by atoms with van der Waals surface area (Å²) in [6, 6.07) is 7.09. The minimum Gasteiger partial charge on any atom is -0.484 e. The van der Waals surface area contributed by atoms with Crippen molar-refractivity contribution < 1.29 is 14.3 Å². The van der Waals surface area contributed by atoms with Gasteiger partial charge in [-0.3, -0.25) is 24.2 Å². The van der Waals surface area contributed by atoms with Gasteiger partial charge < -0.3 is 15.8 Å². The second kappa shape index (κ2) is 7.28. The van der Waals surface area contributed by atoms with E-state index in [2.05, 4.69) is 10.4 Å². The normalized spacial score (nSPS) is 16.7. The summed E-state index contributed by atoms with van der Waals surface area (Å²) < 4.78 is 7.02. The number of anilines is 1. The molecule has 3 rings (SSSR count). The van der Waals surface area contributed by atoms with E-state index in [1.165, 1.54) is 11.8 Å². The number of hydrogen-bond donors (Lipinski definition) is 3. The van der Waals surface area contributed by atoms with E-state index in [0.717, 1.165) is 5.56 Å². The van der Waals surface area contributed by atoms with Crippen LogP contribution in [-0.4, -0.2) is 34.0 Å². The van der Waals surface area contributed by atoms with Crippen LogP contribution in [-0.2, 0) is 9.59 Å². The summed E-state index contributed by atoms with van der Waals surface area (Å²) in [5.74, 6) is 0.471. The number of aromatic amines is 1. The molecular weight excluding hydrogens is 356 g/mol. The summed E-state index contributed by atoms with van der Waals surface area (Å²) in [4.78, 5) is 35.6. The molecule has 0 saturated heterocycles. The van der Waals surface area contributed by atoms with Gasteiger partial charge in [0.25, 0.3) is 11.5 Å². The number of nitrogens with one attached hydrogen (secondary N) is 2. The number of carbonyl (C=O) groups excluding carboxylic acids is 2. The lowest BCUT2D eigenvalue weighted by Gasteiger charge is -2.16. The Morgan fingerprint density at radius 1 is 1.42 bits per heavy atom. The average molecular weight is 376 g/mol. The van der Waals surface area contributed by atoms with Crippen molar-refractivity contribution in [3.8, 4) is 5.75 Å². The quantitative estimate of drug-likeness (QED) is 0.729. The number of thioether (sulfide) groups is 1. The molecule has 1 aromatic heterocycles. The van der Waals surface area contributed by atoms with Crippen molar-refractivity contribution >= 4 is 29.4 Å². The lowest BCUT2D eigenvalue weighted by molar-refractivity contribution is -0.120. The topological polar surface area (TPSA) is 119 Å². The lowest BCUT2D eigenvalue weighted by Crippen LogP contribution is -2.20. The number of fused-ring (bicyclic) bond motifs is 1. The van der Waals surface area contributed by atoms with E-state index in [9.17, 15) is 14.4 Å². The van der Waals surface area contributed by atoms with Gasteiger partial charge in [0.05, 0.1) is 16.6 Å². The maximum absolute atomic E-state index is 12.6. The number of hydrogen-bond acceptors (Lipinski definition) is 5. The molecule has 0 radical (unpaired) electrons. The Bertz CT molecular complexity index is 902. The number of nitrogens with zero attached hydrogens (tertiary/aromatic N) is 1. The van der Waals surface area contributed by atoms with E-state index >= 15 is 0 Å². The van der Waals surface area contributed by atoms with E-state index in [1.807, 2.05) is 19.9 Å². The Hall–Kier alpha value is -2.68. The minimum atomic E-state index is -0.568. The predicted molar refractivity (Wildman–Crippen MR) is 99.5 cm³/mol. The van der Waals surface area contributed by atoms with Crippen molar-refractivity contribution in [1.29, 1.82) is 0 Å². The third-order valence-corrected chi connectivity index (χ3v) is 5.19. The second-order valence-corrected chi connectivity index (χ2v) is 7.33. The van der Waals surface area contributed by atoms with Crippen LogP contribution in [0.25, 0.3) is 0 Å². The maximum Gasteiger partial charge on any atom is 0.270 e. The lowest BCUT2D eigenvalue weighted by atomic mass is 10.1. The highest BCUT2D eigenvalue weighted by Gasteiger charge is 2.31. The highest BCUT2D eigenvalue weighted by Crippen LogP contribution is 2.41. The van der Waals surface area contributed by atoms with Crippen LogP contribution in [0, 0.1) is 0 Å². The zero-order chi connectivity index (χ0) is 18.8. The Balaban J connectivity index is 2.04. The van der Waals surface area contributed by atoms with Crippen molar-refractivity contribution in [3.63, 3.8) is 0 Å².